The van der Waals surface area contributed by atoms with Gasteiger partial charge in [0.2, 0.25) is 0 Å². The summed E-state index contributed by atoms with van der Waals surface area (Å²) in [5.74, 6) is 2.08. The van der Waals surface area contributed by atoms with Crippen LogP contribution in [0.2, 0.25) is 0 Å². The number of fused-ring (bicyclic) bond motifs is 3. The number of rotatable bonds is 10. The fourth-order valence-corrected chi connectivity index (χ4v) is 9.03. The number of ether oxygens (including phenoxy) is 4. The number of aromatic nitrogens is 1. The summed E-state index contributed by atoms with van der Waals surface area (Å²) in [7, 11) is -0.722. The van der Waals surface area contributed by atoms with Crippen LogP contribution in [0.5, 0.6) is 17.2 Å². The third kappa shape index (κ3) is 6.59. The van der Waals surface area contributed by atoms with Gasteiger partial charge in [-0.05, 0) is 117 Å². The molecule has 0 amide bonds. The molecule has 3 atom stereocenters. The third-order valence-corrected chi connectivity index (χ3v) is 12.3. The molecule has 0 radical (unpaired) electrons. The zero-order chi connectivity index (χ0) is 36.0. The van der Waals surface area contributed by atoms with Crippen molar-refractivity contribution in [2.45, 2.75) is 83.8 Å². The highest BCUT2D eigenvalue weighted by Gasteiger charge is 2.54. The lowest BCUT2D eigenvalue weighted by molar-refractivity contribution is -0.138. The van der Waals surface area contributed by atoms with Gasteiger partial charge in [0, 0.05) is 24.6 Å². The van der Waals surface area contributed by atoms with Crippen molar-refractivity contribution < 1.29 is 32.5 Å². The van der Waals surface area contributed by atoms with E-state index in [4.69, 9.17) is 18.9 Å². The number of methoxy groups -OCH3 is 2. The molecule has 8 nitrogen and oxygen atoms in total. The monoisotopic (exact) mass is 699 g/mol. The van der Waals surface area contributed by atoms with Crippen molar-refractivity contribution in [2.75, 3.05) is 21.0 Å². The molecule has 2 heterocycles. The molecule has 0 bridgehead atoms. The number of hydrogen-bond donors (Lipinski definition) is 1. The molecule has 4 aromatic rings. The molecule has 1 saturated carbocycles. The summed E-state index contributed by atoms with van der Waals surface area (Å²) in [5.41, 5.74) is 5.46. The van der Waals surface area contributed by atoms with Gasteiger partial charge in [-0.2, -0.15) is 0 Å². The highest BCUT2D eigenvalue weighted by atomic mass is 32.2. The Labute approximate surface area is 296 Å². The minimum absolute atomic E-state index is 0.00734. The van der Waals surface area contributed by atoms with E-state index >= 15 is 0 Å². The van der Waals surface area contributed by atoms with Crippen LogP contribution < -0.4 is 14.2 Å². The van der Waals surface area contributed by atoms with Crippen LogP contribution in [0.1, 0.15) is 75.3 Å². The number of aryl methyl sites for hydroxylation is 1. The number of benzene rings is 3. The van der Waals surface area contributed by atoms with Crippen LogP contribution in [-0.2, 0) is 27.6 Å². The van der Waals surface area contributed by atoms with Crippen molar-refractivity contribution in [3.05, 3.63) is 94.2 Å². The normalized spacial score (nSPS) is 21.4. The van der Waals surface area contributed by atoms with E-state index in [9.17, 15) is 13.5 Å². The molecule has 3 aromatic carbocycles. The maximum Gasteiger partial charge on any atom is 0.268 e. The van der Waals surface area contributed by atoms with Crippen molar-refractivity contribution >= 4 is 33.1 Å². The lowest BCUT2D eigenvalue weighted by Crippen LogP contribution is -2.58. The number of hydrogen-bond acceptors (Lipinski definition) is 7. The summed E-state index contributed by atoms with van der Waals surface area (Å²) < 4.78 is 53.6. The molecule has 6 rings (SSSR count). The molecule has 0 unspecified atom stereocenters. The third-order valence-electron chi connectivity index (χ3n) is 10.6. The molecule has 1 N–H and O–H groups in total. The molecule has 1 aliphatic heterocycles. The van der Waals surface area contributed by atoms with Crippen LogP contribution in [0.4, 0.5) is 0 Å². The first-order chi connectivity index (χ1) is 23.7. The summed E-state index contributed by atoms with van der Waals surface area (Å²) >= 11 is 0. The quantitative estimate of drug-likeness (QED) is 0.101. The molecule has 50 heavy (non-hydrogen) atoms. The van der Waals surface area contributed by atoms with E-state index in [1.165, 1.54) is 3.97 Å². The summed E-state index contributed by atoms with van der Waals surface area (Å²) in [6.45, 7) is 12.4. The zero-order valence-electron chi connectivity index (χ0n) is 30.4. The summed E-state index contributed by atoms with van der Waals surface area (Å²) in [4.78, 5) is 0.210. The highest BCUT2D eigenvalue weighted by Crippen LogP contribution is 2.55. The van der Waals surface area contributed by atoms with Gasteiger partial charge in [-0.15, -0.1) is 0 Å². The maximum atomic E-state index is 14.1. The van der Waals surface area contributed by atoms with Gasteiger partial charge in [0.15, 0.2) is 18.3 Å². The van der Waals surface area contributed by atoms with Crippen LogP contribution in [0.25, 0.3) is 23.1 Å². The summed E-state index contributed by atoms with van der Waals surface area (Å²) in [6, 6.07) is 14.8. The number of allylic oxidation sites excluding steroid dienone is 2. The molecular formula is C41H49NO7S. The maximum absolute atomic E-state index is 14.1. The second-order valence-corrected chi connectivity index (χ2v) is 16.6. The molecule has 266 valence electrons. The first-order valence-electron chi connectivity index (χ1n) is 17.2. The number of aliphatic hydroxyl groups excluding tert-OH is 1. The van der Waals surface area contributed by atoms with Gasteiger partial charge >= 0.3 is 0 Å². The van der Waals surface area contributed by atoms with Crippen molar-refractivity contribution in [1.29, 1.82) is 0 Å². The molecule has 1 aromatic heterocycles. The summed E-state index contributed by atoms with van der Waals surface area (Å²) in [6.07, 6.45) is 10.1. The predicted molar refractivity (Wildman–Crippen MR) is 199 cm³/mol. The van der Waals surface area contributed by atoms with Gasteiger partial charge in [-0.25, -0.2) is 12.4 Å². The average Bonchev–Trinajstić information content (AvgIpc) is 3.46. The molecule has 9 heteroatoms. The number of aliphatic hydroxyl groups is 1. The van der Waals surface area contributed by atoms with Crippen molar-refractivity contribution in [2.24, 2.45) is 11.3 Å². The minimum atomic E-state index is -3.93. The van der Waals surface area contributed by atoms with E-state index in [-0.39, 0.29) is 23.0 Å². The van der Waals surface area contributed by atoms with Crippen LogP contribution in [0.15, 0.2) is 71.3 Å². The van der Waals surface area contributed by atoms with Crippen LogP contribution in [0.3, 0.4) is 0 Å². The fraction of sp³-hybridized carbons (Fsp3) is 0.415. The van der Waals surface area contributed by atoms with Gasteiger partial charge in [0.25, 0.3) is 10.0 Å². The van der Waals surface area contributed by atoms with Crippen LogP contribution in [-0.4, -0.2) is 50.2 Å². The van der Waals surface area contributed by atoms with E-state index in [1.807, 2.05) is 51.1 Å². The standard InChI is InChI=1S/C41H49NO7S/c1-26(2)9-14-30-24-42(50(44,45)32-15-10-27(3)11-16-32)33-20-29(21-34(38(30)33)48-25-46-7)13-12-28-19-31-23-36-40(4,5)37(43)17-18-41(36,6)49-39(31)35(22-28)47-8/h9-13,15-16,19-22,24,36-37,43H,14,17-18,23,25H2,1-8H3/b13-12+/t36-,37-,41-/m1/s1. The van der Waals surface area contributed by atoms with E-state index in [1.54, 1.807) is 44.7 Å². The van der Waals surface area contributed by atoms with E-state index in [2.05, 4.69) is 32.9 Å². The molecular weight excluding hydrogens is 651 g/mol. The van der Waals surface area contributed by atoms with Crippen molar-refractivity contribution in [3.8, 4) is 17.2 Å². The Morgan fingerprint density at radius 1 is 1.02 bits per heavy atom. The molecule has 0 spiro atoms. The largest absolute Gasteiger partial charge is 0.493 e. The molecule has 0 saturated heterocycles. The Bertz CT molecular complexity index is 2070. The van der Waals surface area contributed by atoms with Gasteiger partial charge in [-0.1, -0.05) is 55.3 Å². The fourth-order valence-electron chi connectivity index (χ4n) is 7.65. The van der Waals surface area contributed by atoms with Crippen LogP contribution >= 0.6 is 0 Å². The van der Waals surface area contributed by atoms with E-state index < -0.39 is 21.7 Å². The lowest BCUT2D eigenvalue weighted by Gasteiger charge is -2.55. The average molecular weight is 700 g/mol. The summed E-state index contributed by atoms with van der Waals surface area (Å²) in [5, 5.41) is 11.6. The Kier molecular flexibility index (Phi) is 9.72. The van der Waals surface area contributed by atoms with Crippen LogP contribution in [0, 0.1) is 18.3 Å². The zero-order valence-corrected chi connectivity index (χ0v) is 31.2. The first kappa shape index (κ1) is 35.8. The topological polar surface area (TPSA) is 96.2 Å². The highest BCUT2D eigenvalue weighted by molar-refractivity contribution is 7.90. The van der Waals surface area contributed by atoms with E-state index in [0.717, 1.165) is 57.4 Å². The van der Waals surface area contributed by atoms with Crippen molar-refractivity contribution in [3.63, 3.8) is 0 Å². The Balaban J connectivity index is 1.46. The van der Waals surface area contributed by atoms with Gasteiger partial charge < -0.3 is 24.1 Å². The number of nitrogens with zero attached hydrogens (tertiary/aromatic N) is 1. The Morgan fingerprint density at radius 2 is 1.70 bits per heavy atom. The predicted octanol–water partition coefficient (Wildman–Crippen LogP) is 8.35. The molecule has 2 aliphatic rings. The Hall–Kier alpha value is -4.05. The SMILES string of the molecule is COCOc1cc(/C=C/c2cc3c(c(OC)c2)O[C@]2(C)CC[C@@H](O)C(C)(C)[C@H]2C3)cc2c1c(CC=C(C)C)cn2S(=O)(=O)c1ccc(C)cc1. The van der Waals surface area contributed by atoms with E-state index in [0.29, 0.717) is 29.9 Å². The van der Waals surface area contributed by atoms with Gasteiger partial charge in [0.05, 0.1) is 23.6 Å². The van der Waals surface area contributed by atoms with Gasteiger partial charge in [0.1, 0.15) is 11.4 Å². The lowest BCUT2D eigenvalue weighted by atomic mass is 9.57. The smallest absolute Gasteiger partial charge is 0.268 e. The second kappa shape index (κ2) is 13.6. The van der Waals surface area contributed by atoms with Crippen molar-refractivity contribution in [1.82, 2.24) is 3.97 Å². The second-order valence-electron chi connectivity index (χ2n) is 14.8. The first-order valence-corrected chi connectivity index (χ1v) is 18.6. The molecule has 1 aliphatic carbocycles. The molecule has 1 fully saturated rings. The van der Waals surface area contributed by atoms with Gasteiger partial charge in [-0.3, -0.25) is 0 Å². The Morgan fingerprint density at radius 3 is 2.36 bits per heavy atom. The minimum Gasteiger partial charge on any atom is -0.493 e.